The molecule has 1 aromatic rings. The third-order valence-electron chi connectivity index (χ3n) is 2.44. The van der Waals surface area contributed by atoms with Crippen LogP contribution in [0.5, 0.6) is 5.75 Å². The molecule has 2 nitrogen and oxygen atoms in total. The van der Waals surface area contributed by atoms with Crippen molar-refractivity contribution in [1.82, 2.24) is 0 Å². The van der Waals surface area contributed by atoms with Crippen molar-refractivity contribution in [3.05, 3.63) is 29.3 Å². The van der Waals surface area contributed by atoms with Crippen molar-refractivity contribution < 1.29 is 4.74 Å². The third-order valence-corrected chi connectivity index (χ3v) is 2.44. The zero-order chi connectivity index (χ0) is 10.6. The minimum Gasteiger partial charge on any atom is -0.494 e. The standard InChI is InChI=1S/C12H19NO/c1-4-14-11-5-6-12(9(2)7-11)10(3)8-13/h5-7,10H,4,8,13H2,1-3H3. The number of aryl methyl sites for hydroxylation is 1. The van der Waals surface area contributed by atoms with Gasteiger partial charge in [0.2, 0.25) is 0 Å². The van der Waals surface area contributed by atoms with Crippen LogP contribution in [0, 0.1) is 6.92 Å². The van der Waals surface area contributed by atoms with E-state index in [1.807, 2.05) is 13.0 Å². The van der Waals surface area contributed by atoms with Crippen LogP contribution in [0.3, 0.4) is 0 Å². The van der Waals surface area contributed by atoms with Gasteiger partial charge in [0, 0.05) is 0 Å². The lowest BCUT2D eigenvalue weighted by molar-refractivity contribution is 0.340. The van der Waals surface area contributed by atoms with Gasteiger partial charge in [0.05, 0.1) is 6.61 Å². The Hall–Kier alpha value is -1.02. The topological polar surface area (TPSA) is 35.2 Å². The average Bonchev–Trinajstić information content (AvgIpc) is 2.17. The van der Waals surface area contributed by atoms with Crippen LogP contribution in [0.4, 0.5) is 0 Å². The molecule has 0 aromatic heterocycles. The molecular weight excluding hydrogens is 174 g/mol. The molecule has 2 heteroatoms. The Balaban J connectivity index is 2.89. The molecule has 1 atom stereocenters. The van der Waals surface area contributed by atoms with Crippen molar-refractivity contribution in [2.24, 2.45) is 5.73 Å². The Morgan fingerprint density at radius 1 is 1.43 bits per heavy atom. The number of hydrogen-bond donors (Lipinski definition) is 1. The first-order valence-electron chi connectivity index (χ1n) is 5.12. The molecule has 0 saturated heterocycles. The molecule has 78 valence electrons. The van der Waals surface area contributed by atoms with E-state index < -0.39 is 0 Å². The number of rotatable bonds is 4. The molecule has 0 fully saturated rings. The largest absolute Gasteiger partial charge is 0.494 e. The summed E-state index contributed by atoms with van der Waals surface area (Å²) in [5, 5.41) is 0. The van der Waals surface area contributed by atoms with E-state index in [1.54, 1.807) is 0 Å². The molecule has 0 aliphatic carbocycles. The monoisotopic (exact) mass is 193 g/mol. The Morgan fingerprint density at radius 3 is 2.64 bits per heavy atom. The second kappa shape index (κ2) is 5.01. The van der Waals surface area contributed by atoms with E-state index in [1.165, 1.54) is 11.1 Å². The third kappa shape index (κ3) is 2.48. The first-order chi connectivity index (χ1) is 6.69. The van der Waals surface area contributed by atoms with E-state index >= 15 is 0 Å². The predicted molar refractivity (Wildman–Crippen MR) is 59.8 cm³/mol. The number of benzene rings is 1. The van der Waals surface area contributed by atoms with Crippen LogP contribution in [0.25, 0.3) is 0 Å². The quantitative estimate of drug-likeness (QED) is 0.797. The molecule has 2 N–H and O–H groups in total. The van der Waals surface area contributed by atoms with Crippen molar-refractivity contribution in [2.45, 2.75) is 26.7 Å². The summed E-state index contributed by atoms with van der Waals surface area (Å²) < 4.78 is 5.42. The van der Waals surface area contributed by atoms with Crippen molar-refractivity contribution in [2.75, 3.05) is 13.2 Å². The molecule has 0 aliphatic heterocycles. The molecule has 1 rings (SSSR count). The summed E-state index contributed by atoms with van der Waals surface area (Å²) >= 11 is 0. The van der Waals surface area contributed by atoms with Crippen LogP contribution in [-0.2, 0) is 0 Å². The molecule has 1 aromatic carbocycles. The summed E-state index contributed by atoms with van der Waals surface area (Å²) in [7, 11) is 0. The van der Waals surface area contributed by atoms with Gasteiger partial charge in [0.1, 0.15) is 5.75 Å². The Labute approximate surface area is 86.1 Å². The highest BCUT2D eigenvalue weighted by Gasteiger charge is 2.06. The maximum Gasteiger partial charge on any atom is 0.119 e. The molecule has 0 radical (unpaired) electrons. The maximum atomic E-state index is 5.64. The normalized spacial score (nSPS) is 12.6. The second-order valence-corrected chi connectivity index (χ2v) is 3.59. The van der Waals surface area contributed by atoms with Gasteiger partial charge in [-0.1, -0.05) is 13.0 Å². The van der Waals surface area contributed by atoms with Gasteiger partial charge < -0.3 is 10.5 Å². The summed E-state index contributed by atoms with van der Waals surface area (Å²) in [6.45, 7) is 7.64. The lowest BCUT2D eigenvalue weighted by Crippen LogP contribution is -2.10. The lowest BCUT2D eigenvalue weighted by Gasteiger charge is -2.13. The van der Waals surface area contributed by atoms with Gasteiger partial charge in [-0.3, -0.25) is 0 Å². The number of ether oxygens (including phenoxy) is 1. The zero-order valence-corrected chi connectivity index (χ0v) is 9.21. The molecule has 14 heavy (non-hydrogen) atoms. The summed E-state index contributed by atoms with van der Waals surface area (Å²) in [5.74, 6) is 1.36. The zero-order valence-electron chi connectivity index (χ0n) is 9.21. The minimum atomic E-state index is 0.422. The summed E-state index contributed by atoms with van der Waals surface area (Å²) in [6.07, 6.45) is 0. The second-order valence-electron chi connectivity index (χ2n) is 3.59. The van der Waals surface area contributed by atoms with Gasteiger partial charge in [-0.05, 0) is 49.6 Å². The first-order valence-corrected chi connectivity index (χ1v) is 5.12. The molecule has 0 amide bonds. The van der Waals surface area contributed by atoms with Crippen molar-refractivity contribution in [1.29, 1.82) is 0 Å². The fraction of sp³-hybridized carbons (Fsp3) is 0.500. The van der Waals surface area contributed by atoms with Crippen LogP contribution >= 0.6 is 0 Å². The van der Waals surface area contributed by atoms with Crippen LogP contribution in [-0.4, -0.2) is 13.2 Å². The van der Waals surface area contributed by atoms with Crippen LogP contribution in [0.2, 0.25) is 0 Å². The number of nitrogens with two attached hydrogens (primary N) is 1. The Bertz CT molecular complexity index is 296. The van der Waals surface area contributed by atoms with Gasteiger partial charge >= 0.3 is 0 Å². The average molecular weight is 193 g/mol. The lowest BCUT2D eigenvalue weighted by atomic mass is 9.96. The van der Waals surface area contributed by atoms with E-state index in [-0.39, 0.29) is 0 Å². The van der Waals surface area contributed by atoms with E-state index in [2.05, 4.69) is 26.0 Å². The van der Waals surface area contributed by atoms with Gasteiger partial charge in [0.25, 0.3) is 0 Å². The van der Waals surface area contributed by atoms with Crippen molar-refractivity contribution in [3.63, 3.8) is 0 Å². The van der Waals surface area contributed by atoms with Gasteiger partial charge in [-0.25, -0.2) is 0 Å². The summed E-state index contributed by atoms with van der Waals surface area (Å²) in [6, 6.07) is 6.20. The maximum absolute atomic E-state index is 5.64. The van der Waals surface area contributed by atoms with Gasteiger partial charge in [0.15, 0.2) is 0 Å². The minimum absolute atomic E-state index is 0.422. The van der Waals surface area contributed by atoms with E-state index in [9.17, 15) is 0 Å². The highest BCUT2D eigenvalue weighted by molar-refractivity contribution is 5.36. The molecular formula is C12H19NO. The van der Waals surface area contributed by atoms with Crippen LogP contribution in [0.1, 0.15) is 30.9 Å². The predicted octanol–water partition coefficient (Wildman–Crippen LogP) is 2.46. The van der Waals surface area contributed by atoms with Crippen molar-refractivity contribution in [3.8, 4) is 5.75 Å². The molecule has 0 spiro atoms. The fourth-order valence-corrected chi connectivity index (χ4v) is 1.58. The van der Waals surface area contributed by atoms with E-state index in [0.717, 1.165) is 5.75 Å². The Morgan fingerprint density at radius 2 is 2.14 bits per heavy atom. The van der Waals surface area contributed by atoms with Crippen molar-refractivity contribution >= 4 is 0 Å². The molecule has 1 unspecified atom stereocenters. The molecule has 0 heterocycles. The molecule has 0 saturated carbocycles. The van der Waals surface area contributed by atoms with E-state index in [4.69, 9.17) is 10.5 Å². The first kappa shape index (κ1) is 11.1. The summed E-state index contributed by atoms with van der Waals surface area (Å²) in [4.78, 5) is 0. The van der Waals surface area contributed by atoms with Gasteiger partial charge in [-0.15, -0.1) is 0 Å². The summed E-state index contributed by atoms with van der Waals surface area (Å²) in [5.41, 5.74) is 8.21. The fourth-order valence-electron chi connectivity index (χ4n) is 1.58. The van der Waals surface area contributed by atoms with Crippen LogP contribution in [0.15, 0.2) is 18.2 Å². The Kier molecular flexibility index (Phi) is 3.96. The van der Waals surface area contributed by atoms with E-state index in [0.29, 0.717) is 19.1 Å². The smallest absolute Gasteiger partial charge is 0.119 e. The highest BCUT2D eigenvalue weighted by Crippen LogP contribution is 2.23. The van der Waals surface area contributed by atoms with Gasteiger partial charge in [-0.2, -0.15) is 0 Å². The number of hydrogen-bond acceptors (Lipinski definition) is 2. The molecule has 0 aliphatic rings. The molecule has 0 bridgehead atoms. The SMILES string of the molecule is CCOc1ccc(C(C)CN)c(C)c1. The van der Waals surface area contributed by atoms with Crippen LogP contribution < -0.4 is 10.5 Å². The highest BCUT2D eigenvalue weighted by atomic mass is 16.5.